The molecule has 0 N–H and O–H groups in total. The van der Waals surface area contributed by atoms with Crippen LogP contribution in [0.4, 0.5) is 4.79 Å². The summed E-state index contributed by atoms with van der Waals surface area (Å²) in [5, 5.41) is 0. The summed E-state index contributed by atoms with van der Waals surface area (Å²) in [7, 11) is 1.47. The monoisotopic (exact) mass is 215 g/mol. The van der Waals surface area contributed by atoms with Gasteiger partial charge in [0, 0.05) is 20.0 Å². The van der Waals surface area contributed by atoms with Gasteiger partial charge in [-0.3, -0.25) is 4.79 Å². The molecule has 1 rings (SSSR count). The van der Waals surface area contributed by atoms with E-state index >= 15 is 0 Å². The SMILES string of the molecule is CO[C@@H]1CCC(=O)N1C(=O)OC(C)(C)C. The Morgan fingerprint density at radius 2 is 2.07 bits per heavy atom. The lowest BCUT2D eigenvalue weighted by molar-refractivity contribution is -0.133. The molecule has 0 spiro atoms. The first-order chi connectivity index (χ1) is 6.85. The number of hydrogen-bond acceptors (Lipinski definition) is 4. The van der Waals surface area contributed by atoms with E-state index in [1.165, 1.54) is 7.11 Å². The number of methoxy groups -OCH3 is 1. The topological polar surface area (TPSA) is 55.8 Å². The van der Waals surface area contributed by atoms with Gasteiger partial charge in [-0.25, -0.2) is 9.69 Å². The standard InChI is InChI=1S/C10H17NO4/c1-10(2,3)15-9(13)11-7(12)5-6-8(11)14-4/h8H,5-6H2,1-4H3/t8-/m1/s1. The Morgan fingerprint density at radius 3 is 2.53 bits per heavy atom. The van der Waals surface area contributed by atoms with E-state index in [1.54, 1.807) is 20.8 Å². The molecule has 0 radical (unpaired) electrons. The van der Waals surface area contributed by atoms with Crippen LogP contribution < -0.4 is 0 Å². The van der Waals surface area contributed by atoms with Gasteiger partial charge in [-0.05, 0) is 20.8 Å². The van der Waals surface area contributed by atoms with Crippen LogP contribution in [0.25, 0.3) is 0 Å². The van der Waals surface area contributed by atoms with Gasteiger partial charge in [-0.1, -0.05) is 0 Å². The van der Waals surface area contributed by atoms with Crippen molar-refractivity contribution in [2.45, 2.75) is 45.4 Å². The Kier molecular flexibility index (Phi) is 3.34. The number of carbonyl (C=O) groups is 2. The van der Waals surface area contributed by atoms with E-state index in [4.69, 9.17) is 9.47 Å². The predicted octanol–water partition coefficient (Wildman–Crippen LogP) is 1.52. The molecule has 1 fully saturated rings. The molecule has 5 nitrogen and oxygen atoms in total. The second-order valence-electron chi connectivity index (χ2n) is 4.47. The summed E-state index contributed by atoms with van der Waals surface area (Å²) in [4.78, 5) is 24.1. The van der Waals surface area contributed by atoms with Crippen molar-refractivity contribution < 1.29 is 19.1 Å². The second kappa shape index (κ2) is 4.18. The molecular weight excluding hydrogens is 198 g/mol. The van der Waals surface area contributed by atoms with Crippen molar-refractivity contribution in [3.05, 3.63) is 0 Å². The van der Waals surface area contributed by atoms with E-state index in [0.29, 0.717) is 12.8 Å². The van der Waals surface area contributed by atoms with Gasteiger partial charge >= 0.3 is 6.09 Å². The van der Waals surface area contributed by atoms with E-state index in [-0.39, 0.29) is 5.91 Å². The lowest BCUT2D eigenvalue weighted by Crippen LogP contribution is -2.42. The van der Waals surface area contributed by atoms with Gasteiger partial charge in [0.1, 0.15) is 11.8 Å². The Hall–Kier alpha value is -1.10. The molecule has 2 amide bonds. The molecule has 1 saturated heterocycles. The first-order valence-electron chi connectivity index (χ1n) is 4.93. The quantitative estimate of drug-likeness (QED) is 0.665. The highest BCUT2D eigenvalue weighted by atomic mass is 16.6. The smallest absolute Gasteiger partial charge is 0.419 e. The van der Waals surface area contributed by atoms with Crippen molar-refractivity contribution >= 4 is 12.0 Å². The third-order valence-electron chi connectivity index (χ3n) is 2.02. The highest BCUT2D eigenvalue weighted by molar-refractivity contribution is 5.93. The van der Waals surface area contributed by atoms with Gasteiger partial charge in [0.2, 0.25) is 5.91 Å². The zero-order chi connectivity index (χ0) is 11.6. The molecule has 1 atom stereocenters. The highest BCUT2D eigenvalue weighted by Crippen LogP contribution is 2.22. The number of likely N-dealkylation sites (tertiary alicyclic amines) is 1. The van der Waals surface area contributed by atoms with E-state index < -0.39 is 17.9 Å². The summed E-state index contributed by atoms with van der Waals surface area (Å²) in [6, 6.07) is 0. The lowest BCUT2D eigenvalue weighted by Gasteiger charge is -2.26. The van der Waals surface area contributed by atoms with Gasteiger partial charge in [0.25, 0.3) is 0 Å². The number of carbonyl (C=O) groups excluding carboxylic acids is 2. The molecule has 1 heterocycles. The number of amides is 2. The number of rotatable bonds is 1. The third kappa shape index (κ3) is 2.92. The van der Waals surface area contributed by atoms with E-state index in [9.17, 15) is 9.59 Å². The molecule has 1 aliphatic rings. The van der Waals surface area contributed by atoms with Crippen molar-refractivity contribution in [1.82, 2.24) is 4.90 Å². The van der Waals surface area contributed by atoms with Crippen molar-refractivity contribution in [2.24, 2.45) is 0 Å². The van der Waals surface area contributed by atoms with Crippen molar-refractivity contribution in [3.63, 3.8) is 0 Å². The van der Waals surface area contributed by atoms with E-state index in [2.05, 4.69) is 0 Å². The number of hydrogen-bond donors (Lipinski definition) is 0. The first kappa shape index (κ1) is 12.0. The molecule has 15 heavy (non-hydrogen) atoms. The zero-order valence-corrected chi connectivity index (χ0v) is 9.57. The zero-order valence-electron chi connectivity index (χ0n) is 9.57. The Balaban J connectivity index is 2.69. The minimum absolute atomic E-state index is 0.240. The predicted molar refractivity (Wildman–Crippen MR) is 53.1 cm³/mol. The number of imide groups is 1. The van der Waals surface area contributed by atoms with E-state index in [1.807, 2.05) is 0 Å². The summed E-state index contributed by atoms with van der Waals surface area (Å²) < 4.78 is 10.1. The van der Waals surface area contributed by atoms with Crippen LogP contribution in [0.1, 0.15) is 33.6 Å². The average Bonchev–Trinajstić information content (AvgIpc) is 2.43. The summed E-state index contributed by atoms with van der Waals surface area (Å²) in [5.74, 6) is -0.240. The maximum atomic E-state index is 11.6. The first-order valence-corrected chi connectivity index (χ1v) is 4.93. The Morgan fingerprint density at radius 1 is 1.47 bits per heavy atom. The molecule has 0 aromatic heterocycles. The van der Waals surface area contributed by atoms with Gasteiger partial charge in [-0.2, -0.15) is 0 Å². The van der Waals surface area contributed by atoms with Crippen LogP contribution in [0.2, 0.25) is 0 Å². The van der Waals surface area contributed by atoms with Crippen molar-refractivity contribution in [3.8, 4) is 0 Å². The fraction of sp³-hybridized carbons (Fsp3) is 0.800. The molecule has 0 bridgehead atoms. The summed E-state index contributed by atoms with van der Waals surface area (Å²) in [6.07, 6.45) is -0.240. The number of nitrogens with zero attached hydrogens (tertiary/aromatic N) is 1. The Bertz CT molecular complexity index is 269. The van der Waals surface area contributed by atoms with Gasteiger partial charge in [-0.15, -0.1) is 0 Å². The molecule has 0 saturated carbocycles. The van der Waals surface area contributed by atoms with Crippen LogP contribution in [0.3, 0.4) is 0 Å². The van der Waals surface area contributed by atoms with Crippen LogP contribution in [0.15, 0.2) is 0 Å². The molecule has 5 heteroatoms. The van der Waals surface area contributed by atoms with Crippen LogP contribution in [0.5, 0.6) is 0 Å². The van der Waals surface area contributed by atoms with Crippen LogP contribution in [-0.4, -0.2) is 35.8 Å². The average molecular weight is 215 g/mol. The molecule has 86 valence electrons. The fourth-order valence-corrected chi connectivity index (χ4v) is 1.41. The fourth-order valence-electron chi connectivity index (χ4n) is 1.41. The molecule has 1 aliphatic heterocycles. The van der Waals surface area contributed by atoms with Crippen molar-refractivity contribution in [2.75, 3.05) is 7.11 Å². The van der Waals surface area contributed by atoms with Gasteiger partial charge < -0.3 is 9.47 Å². The van der Waals surface area contributed by atoms with Crippen LogP contribution in [0, 0.1) is 0 Å². The maximum Gasteiger partial charge on any atom is 0.419 e. The van der Waals surface area contributed by atoms with E-state index in [0.717, 1.165) is 4.90 Å². The molecule has 0 aliphatic carbocycles. The molecule has 0 aromatic carbocycles. The highest BCUT2D eigenvalue weighted by Gasteiger charge is 2.38. The van der Waals surface area contributed by atoms with Crippen LogP contribution in [-0.2, 0) is 14.3 Å². The van der Waals surface area contributed by atoms with Gasteiger partial charge in [0.15, 0.2) is 0 Å². The lowest BCUT2D eigenvalue weighted by atomic mass is 10.2. The molecular formula is C10H17NO4. The third-order valence-corrected chi connectivity index (χ3v) is 2.02. The van der Waals surface area contributed by atoms with Crippen LogP contribution >= 0.6 is 0 Å². The summed E-state index contributed by atoms with van der Waals surface area (Å²) >= 11 is 0. The minimum atomic E-state index is -0.628. The van der Waals surface area contributed by atoms with Crippen molar-refractivity contribution in [1.29, 1.82) is 0 Å². The Labute approximate surface area is 89.3 Å². The minimum Gasteiger partial charge on any atom is -0.443 e. The number of ether oxygens (including phenoxy) is 2. The summed E-state index contributed by atoms with van der Waals surface area (Å²) in [5.41, 5.74) is -0.599. The normalized spacial score (nSPS) is 22.0. The summed E-state index contributed by atoms with van der Waals surface area (Å²) in [6.45, 7) is 5.27. The van der Waals surface area contributed by atoms with Gasteiger partial charge in [0.05, 0.1) is 0 Å². The molecule has 0 aromatic rings. The largest absolute Gasteiger partial charge is 0.443 e. The molecule has 0 unspecified atom stereocenters. The maximum absolute atomic E-state index is 11.6. The second-order valence-corrected chi connectivity index (χ2v) is 4.47.